The van der Waals surface area contributed by atoms with Crippen molar-refractivity contribution in [3.63, 3.8) is 0 Å². The summed E-state index contributed by atoms with van der Waals surface area (Å²) in [6, 6.07) is 6.98. The van der Waals surface area contributed by atoms with Crippen LogP contribution in [-0.2, 0) is 14.3 Å². The van der Waals surface area contributed by atoms with E-state index in [2.05, 4.69) is 5.32 Å². The molecular weight excluding hydrogens is 308 g/mol. The van der Waals surface area contributed by atoms with Gasteiger partial charge in [0.05, 0.1) is 7.11 Å². The van der Waals surface area contributed by atoms with Gasteiger partial charge >= 0.3 is 5.97 Å². The summed E-state index contributed by atoms with van der Waals surface area (Å²) < 4.78 is 4.89. The molecule has 1 N–H and O–H groups in total. The van der Waals surface area contributed by atoms with Crippen LogP contribution in [0.4, 0.5) is 5.69 Å². The maximum Gasteiger partial charge on any atom is 0.331 e. The molecule has 1 aromatic rings. The lowest BCUT2D eigenvalue weighted by Crippen LogP contribution is -2.53. The summed E-state index contributed by atoms with van der Waals surface area (Å²) in [4.78, 5) is 38.4. The van der Waals surface area contributed by atoms with Gasteiger partial charge in [0, 0.05) is 24.2 Å². The van der Waals surface area contributed by atoms with E-state index in [1.165, 1.54) is 7.11 Å². The van der Waals surface area contributed by atoms with E-state index >= 15 is 0 Å². The van der Waals surface area contributed by atoms with Gasteiger partial charge in [-0.1, -0.05) is 18.9 Å². The Labute approximate surface area is 141 Å². The van der Waals surface area contributed by atoms with E-state index in [1.54, 1.807) is 23.1 Å². The van der Waals surface area contributed by atoms with Crippen LogP contribution < -0.4 is 10.2 Å². The summed E-state index contributed by atoms with van der Waals surface area (Å²) in [7, 11) is 1.34. The number of carbonyl (C=O) groups excluding carboxylic acids is 3. The molecule has 0 atom stereocenters. The summed E-state index contributed by atoms with van der Waals surface area (Å²) in [5.74, 6) is -0.621. The van der Waals surface area contributed by atoms with Crippen LogP contribution in [0.2, 0.25) is 0 Å². The molecule has 1 saturated carbocycles. The second kappa shape index (κ2) is 6.63. The third kappa shape index (κ3) is 3.00. The number of carbonyl (C=O) groups is 3. The van der Waals surface area contributed by atoms with Gasteiger partial charge in [-0.2, -0.15) is 0 Å². The monoisotopic (exact) mass is 330 g/mol. The molecule has 2 fully saturated rings. The standard InChI is InChI=1S/C18H22N2O4/c1-24-17(23)18(9-2-3-10-18)19-16(22)13-6-4-7-14(12-13)20-11-5-8-15(20)21/h4,6-7,12H,2-3,5,8-11H2,1H3,(H,19,22). The van der Waals surface area contributed by atoms with E-state index in [0.717, 1.165) is 24.9 Å². The molecule has 24 heavy (non-hydrogen) atoms. The topological polar surface area (TPSA) is 75.7 Å². The molecule has 0 spiro atoms. The van der Waals surface area contributed by atoms with Gasteiger partial charge in [-0.3, -0.25) is 9.59 Å². The number of rotatable bonds is 4. The van der Waals surface area contributed by atoms with Crippen molar-refractivity contribution >= 4 is 23.5 Å². The smallest absolute Gasteiger partial charge is 0.331 e. The number of methoxy groups -OCH3 is 1. The number of nitrogens with one attached hydrogen (secondary N) is 1. The third-order valence-corrected chi connectivity index (χ3v) is 4.88. The second-order valence-corrected chi connectivity index (χ2v) is 6.43. The Morgan fingerprint density at radius 1 is 1.21 bits per heavy atom. The van der Waals surface area contributed by atoms with Crippen LogP contribution >= 0.6 is 0 Å². The molecule has 2 aliphatic rings. The van der Waals surface area contributed by atoms with Crippen molar-refractivity contribution in [2.45, 2.75) is 44.1 Å². The van der Waals surface area contributed by atoms with Gasteiger partial charge in [0.2, 0.25) is 5.91 Å². The molecule has 0 radical (unpaired) electrons. The number of hydrogen-bond acceptors (Lipinski definition) is 4. The molecule has 6 nitrogen and oxygen atoms in total. The number of esters is 1. The van der Waals surface area contributed by atoms with E-state index < -0.39 is 5.54 Å². The molecule has 0 aromatic heterocycles. The van der Waals surface area contributed by atoms with Crippen LogP contribution in [0, 0.1) is 0 Å². The summed E-state index contributed by atoms with van der Waals surface area (Å²) in [5, 5.41) is 2.87. The van der Waals surface area contributed by atoms with Gasteiger partial charge in [0.15, 0.2) is 0 Å². The number of ether oxygens (including phenoxy) is 1. The number of nitrogens with zero attached hydrogens (tertiary/aromatic N) is 1. The molecule has 0 bridgehead atoms. The van der Waals surface area contributed by atoms with Crippen molar-refractivity contribution in [3.8, 4) is 0 Å². The first-order chi connectivity index (χ1) is 11.6. The van der Waals surface area contributed by atoms with Crippen LogP contribution in [0.25, 0.3) is 0 Å². The van der Waals surface area contributed by atoms with Gasteiger partial charge < -0.3 is 15.0 Å². The van der Waals surface area contributed by atoms with Crippen molar-refractivity contribution in [1.82, 2.24) is 5.32 Å². The first kappa shape index (κ1) is 16.5. The summed E-state index contributed by atoms with van der Waals surface area (Å²) in [5.41, 5.74) is 0.247. The molecule has 6 heteroatoms. The predicted octanol–water partition coefficient (Wildman–Crippen LogP) is 2.03. The average molecular weight is 330 g/mol. The fourth-order valence-corrected chi connectivity index (χ4v) is 3.58. The minimum absolute atomic E-state index is 0.0781. The van der Waals surface area contributed by atoms with Crippen LogP contribution in [0.3, 0.4) is 0 Å². The average Bonchev–Trinajstić information content (AvgIpc) is 3.24. The largest absolute Gasteiger partial charge is 0.467 e. The zero-order chi connectivity index (χ0) is 17.2. The minimum Gasteiger partial charge on any atom is -0.467 e. The van der Waals surface area contributed by atoms with E-state index in [1.807, 2.05) is 6.07 Å². The third-order valence-electron chi connectivity index (χ3n) is 4.88. The number of hydrogen-bond donors (Lipinski definition) is 1. The van der Waals surface area contributed by atoms with Crippen molar-refractivity contribution in [1.29, 1.82) is 0 Å². The van der Waals surface area contributed by atoms with Gasteiger partial charge in [-0.25, -0.2) is 4.79 Å². The Hall–Kier alpha value is -2.37. The van der Waals surface area contributed by atoms with Crippen LogP contribution in [-0.4, -0.2) is 37.0 Å². The Bertz CT molecular complexity index is 665. The SMILES string of the molecule is COC(=O)C1(NC(=O)c2cccc(N3CCCC3=O)c2)CCCC1. The van der Waals surface area contributed by atoms with Gasteiger partial charge in [0.25, 0.3) is 5.91 Å². The molecular formula is C18H22N2O4. The van der Waals surface area contributed by atoms with Crippen LogP contribution in [0.5, 0.6) is 0 Å². The number of amides is 2. The van der Waals surface area contributed by atoms with Gasteiger partial charge in [-0.05, 0) is 37.5 Å². The van der Waals surface area contributed by atoms with Crippen molar-refractivity contribution < 1.29 is 19.1 Å². The highest BCUT2D eigenvalue weighted by Crippen LogP contribution is 2.31. The highest BCUT2D eigenvalue weighted by atomic mass is 16.5. The zero-order valence-electron chi connectivity index (χ0n) is 13.8. The Kier molecular flexibility index (Phi) is 4.55. The van der Waals surface area contributed by atoms with Gasteiger partial charge in [-0.15, -0.1) is 0 Å². The van der Waals surface area contributed by atoms with Gasteiger partial charge in [0.1, 0.15) is 5.54 Å². The van der Waals surface area contributed by atoms with E-state index in [0.29, 0.717) is 31.4 Å². The minimum atomic E-state index is -0.925. The molecule has 1 saturated heterocycles. The molecule has 0 unspecified atom stereocenters. The van der Waals surface area contributed by atoms with Crippen LogP contribution in [0.1, 0.15) is 48.9 Å². The first-order valence-electron chi connectivity index (χ1n) is 8.37. The molecule has 2 amide bonds. The predicted molar refractivity (Wildman–Crippen MR) is 88.7 cm³/mol. The van der Waals surface area contributed by atoms with E-state index in [-0.39, 0.29) is 17.8 Å². The summed E-state index contributed by atoms with van der Waals surface area (Å²) >= 11 is 0. The lowest BCUT2D eigenvalue weighted by molar-refractivity contribution is -0.148. The molecule has 3 rings (SSSR count). The maximum atomic E-state index is 12.7. The Morgan fingerprint density at radius 3 is 2.58 bits per heavy atom. The van der Waals surface area contributed by atoms with E-state index in [9.17, 15) is 14.4 Å². The van der Waals surface area contributed by atoms with E-state index in [4.69, 9.17) is 4.74 Å². The highest BCUT2D eigenvalue weighted by Gasteiger charge is 2.43. The maximum absolute atomic E-state index is 12.7. The quantitative estimate of drug-likeness (QED) is 0.857. The van der Waals surface area contributed by atoms with Crippen molar-refractivity contribution in [3.05, 3.63) is 29.8 Å². The van der Waals surface area contributed by atoms with Crippen molar-refractivity contribution in [2.75, 3.05) is 18.6 Å². The first-order valence-corrected chi connectivity index (χ1v) is 8.37. The molecule has 1 aliphatic carbocycles. The lowest BCUT2D eigenvalue weighted by atomic mass is 9.97. The molecule has 1 aromatic carbocycles. The number of benzene rings is 1. The summed E-state index contributed by atoms with van der Waals surface area (Å²) in [6.07, 6.45) is 4.34. The number of anilines is 1. The molecule has 1 aliphatic heterocycles. The molecule has 128 valence electrons. The normalized spacial score (nSPS) is 19.4. The highest BCUT2D eigenvalue weighted by molar-refractivity contribution is 6.01. The fourth-order valence-electron chi connectivity index (χ4n) is 3.58. The lowest BCUT2D eigenvalue weighted by Gasteiger charge is -2.27. The molecule has 1 heterocycles. The Morgan fingerprint density at radius 2 is 1.96 bits per heavy atom. The second-order valence-electron chi connectivity index (χ2n) is 6.43. The fraction of sp³-hybridized carbons (Fsp3) is 0.500. The summed E-state index contributed by atoms with van der Waals surface area (Å²) in [6.45, 7) is 0.677. The van der Waals surface area contributed by atoms with Crippen LogP contribution in [0.15, 0.2) is 24.3 Å². The van der Waals surface area contributed by atoms with Crippen molar-refractivity contribution in [2.24, 2.45) is 0 Å². The Balaban J connectivity index is 1.80. The zero-order valence-corrected chi connectivity index (χ0v) is 13.8.